The maximum absolute atomic E-state index is 12.7. The van der Waals surface area contributed by atoms with Crippen molar-refractivity contribution < 1.29 is 32.0 Å². The fraction of sp³-hybridized carbons (Fsp3) is 0.538. The van der Waals surface area contributed by atoms with Crippen LogP contribution in [0.3, 0.4) is 0 Å². The Labute approximate surface area is 204 Å². The van der Waals surface area contributed by atoms with Gasteiger partial charge < -0.3 is 9.47 Å². The summed E-state index contributed by atoms with van der Waals surface area (Å²) in [7, 11) is -4.76. The number of carbonyl (C=O) groups is 2. The minimum atomic E-state index is -4.76. The van der Waals surface area contributed by atoms with Crippen molar-refractivity contribution in [3.8, 4) is 0 Å². The molecule has 1 aromatic carbocycles. The van der Waals surface area contributed by atoms with Crippen LogP contribution in [0.15, 0.2) is 47.4 Å². The van der Waals surface area contributed by atoms with Crippen molar-refractivity contribution in [3.05, 3.63) is 53.6 Å². The van der Waals surface area contributed by atoms with E-state index in [1.54, 1.807) is 12.2 Å². The molecule has 0 aliphatic heterocycles. The maximum atomic E-state index is 12.7. The monoisotopic (exact) mass is 494 g/mol. The summed E-state index contributed by atoms with van der Waals surface area (Å²) >= 11 is 0. The van der Waals surface area contributed by atoms with E-state index in [1.807, 2.05) is 12.2 Å². The van der Waals surface area contributed by atoms with Crippen molar-refractivity contribution in [1.29, 1.82) is 0 Å². The van der Waals surface area contributed by atoms with E-state index in [0.717, 1.165) is 57.4 Å². The largest absolute Gasteiger partial charge is 0.458 e. The van der Waals surface area contributed by atoms with Crippen LogP contribution < -0.4 is 0 Å². The summed E-state index contributed by atoms with van der Waals surface area (Å²) in [6.07, 6.45) is 17.9. The third kappa shape index (κ3) is 11.6. The SMILES string of the molecule is CCCCCC/C=C/COC(=O)c1cccc(S(=O)(=O)O)c1C(=O)OC/C=C/CCCCCC. The van der Waals surface area contributed by atoms with Crippen molar-refractivity contribution in [1.82, 2.24) is 0 Å². The van der Waals surface area contributed by atoms with Crippen LogP contribution in [0.4, 0.5) is 0 Å². The van der Waals surface area contributed by atoms with Crippen molar-refractivity contribution >= 4 is 22.1 Å². The molecule has 1 N–H and O–H groups in total. The fourth-order valence-corrected chi connectivity index (χ4v) is 3.98. The van der Waals surface area contributed by atoms with Crippen LogP contribution in [0.1, 0.15) is 98.8 Å². The first-order valence-corrected chi connectivity index (χ1v) is 13.5. The highest BCUT2D eigenvalue weighted by atomic mass is 32.2. The summed E-state index contributed by atoms with van der Waals surface area (Å²) in [4.78, 5) is 24.5. The first kappa shape index (κ1) is 29.6. The number of esters is 2. The molecule has 0 fully saturated rings. The molecule has 0 aromatic heterocycles. The number of allylic oxidation sites excluding steroid dienone is 2. The molecule has 0 heterocycles. The summed E-state index contributed by atoms with van der Waals surface area (Å²) < 4.78 is 43.5. The van der Waals surface area contributed by atoms with Gasteiger partial charge in [-0.1, -0.05) is 82.7 Å². The maximum Gasteiger partial charge on any atom is 0.340 e. The quantitative estimate of drug-likeness (QED) is 0.117. The highest BCUT2D eigenvalue weighted by Crippen LogP contribution is 2.22. The van der Waals surface area contributed by atoms with E-state index in [1.165, 1.54) is 25.0 Å². The number of hydrogen-bond donors (Lipinski definition) is 1. The van der Waals surface area contributed by atoms with E-state index in [9.17, 15) is 22.6 Å². The van der Waals surface area contributed by atoms with Gasteiger partial charge in [0.1, 0.15) is 18.1 Å². The molecule has 0 saturated heterocycles. The molecule has 0 aliphatic carbocycles. The Kier molecular flexibility index (Phi) is 14.8. The molecule has 0 atom stereocenters. The molecule has 0 unspecified atom stereocenters. The van der Waals surface area contributed by atoms with Crippen LogP contribution in [0.2, 0.25) is 0 Å². The highest BCUT2D eigenvalue weighted by Gasteiger charge is 2.28. The molecule has 1 rings (SSSR count). The minimum absolute atomic E-state index is 0.0159. The van der Waals surface area contributed by atoms with Crippen LogP contribution >= 0.6 is 0 Å². The molecule has 1 aromatic rings. The highest BCUT2D eigenvalue weighted by molar-refractivity contribution is 7.86. The molecular formula is C26H38O7S. The molecule has 8 heteroatoms. The zero-order valence-corrected chi connectivity index (χ0v) is 21.1. The van der Waals surface area contributed by atoms with Gasteiger partial charge in [-0.15, -0.1) is 0 Å². The molecule has 0 bridgehead atoms. The normalized spacial score (nSPS) is 11.9. The van der Waals surface area contributed by atoms with Crippen LogP contribution in [0.5, 0.6) is 0 Å². The first-order chi connectivity index (χ1) is 16.3. The number of carbonyl (C=O) groups excluding carboxylic acids is 2. The molecule has 7 nitrogen and oxygen atoms in total. The summed E-state index contributed by atoms with van der Waals surface area (Å²) in [5.74, 6) is -1.90. The van der Waals surface area contributed by atoms with Crippen molar-refractivity contribution in [2.24, 2.45) is 0 Å². The summed E-state index contributed by atoms with van der Waals surface area (Å²) in [5, 5.41) is 0. The van der Waals surface area contributed by atoms with Crippen LogP contribution in [0.25, 0.3) is 0 Å². The van der Waals surface area contributed by atoms with Gasteiger partial charge >= 0.3 is 11.9 Å². The van der Waals surface area contributed by atoms with Gasteiger partial charge in [0, 0.05) is 0 Å². The molecule has 0 saturated carbocycles. The number of benzene rings is 1. The number of unbranched alkanes of at least 4 members (excludes halogenated alkanes) is 8. The predicted octanol–water partition coefficient (Wildman–Crippen LogP) is 6.30. The zero-order chi connectivity index (χ0) is 25.2. The molecule has 190 valence electrons. The number of ether oxygens (including phenoxy) is 2. The van der Waals surface area contributed by atoms with Gasteiger partial charge in [0.15, 0.2) is 0 Å². The van der Waals surface area contributed by atoms with E-state index in [2.05, 4.69) is 13.8 Å². The Hall–Kier alpha value is -2.45. The Balaban J connectivity index is 2.80. The van der Waals surface area contributed by atoms with Gasteiger partial charge in [0.2, 0.25) is 0 Å². The summed E-state index contributed by atoms with van der Waals surface area (Å²) in [6.45, 7) is 4.18. The van der Waals surface area contributed by atoms with Crippen LogP contribution in [-0.4, -0.2) is 38.1 Å². The van der Waals surface area contributed by atoms with Crippen LogP contribution in [0, 0.1) is 0 Å². The second kappa shape index (κ2) is 17.1. The third-order valence-corrected chi connectivity index (χ3v) is 6.03. The second-order valence-corrected chi connectivity index (χ2v) is 9.38. The van der Waals surface area contributed by atoms with E-state index in [-0.39, 0.29) is 18.8 Å². The standard InChI is InChI=1S/C26H38O7S/c1-3-5-7-9-11-13-15-20-32-25(27)22-18-17-19-23(34(29,30)31)24(22)26(28)33-21-16-14-12-10-8-6-4-2/h13-19H,3-12,20-21H2,1-2H3,(H,29,30,31)/b15-13+,16-14+. The zero-order valence-electron chi connectivity index (χ0n) is 20.3. The Morgan fingerprint density at radius 3 is 1.82 bits per heavy atom. The first-order valence-electron chi connectivity index (χ1n) is 12.1. The molecular weight excluding hydrogens is 456 g/mol. The van der Waals surface area contributed by atoms with Gasteiger partial charge in [-0.2, -0.15) is 8.42 Å². The number of rotatable bonds is 17. The number of hydrogen-bond acceptors (Lipinski definition) is 6. The van der Waals surface area contributed by atoms with Crippen molar-refractivity contribution in [2.45, 2.75) is 83.0 Å². The smallest absolute Gasteiger partial charge is 0.340 e. The summed E-state index contributed by atoms with van der Waals surface area (Å²) in [6, 6.07) is 3.57. The average Bonchev–Trinajstić information content (AvgIpc) is 2.81. The van der Waals surface area contributed by atoms with Crippen molar-refractivity contribution in [3.63, 3.8) is 0 Å². The predicted molar refractivity (Wildman–Crippen MR) is 133 cm³/mol. The fourth-order valence-electron chi connectivity index (χ4n) is 3.27. The molecule has 0 aliphatic rings. The molecule has 34 heavy (non-hydrogen) atoms. The van der Waals surface area contributed by atoms with Gasteiger partial charge in [-0.3, -0.25) is 4.55 Å². The van der Waals surface area contributed by atoms with Gasteiger partial charge in [-0.25, -0.2) is 9.59 Å². The van der Waals surface area contributed by atoms with E-state index in [4.69, 9.17) is 9.47 Å². The lowest BCUT2D eigenvalue weighted by molar-refractivity contribution is 0.0499. The second-order valence-electron chi connectivity index (χ2n) is 7.99. The van der Waals surface area contributed by atoms with Gasteiger partial charge in [0.25, 0.3) is 10.1 Å². The topological polar surface area (TPSA) is 107 Å². The Bertz CT molecular complexity index is 917. The van der Waals surface area contributed by atoms with Crippen LogP contribution in [-0.2, 0) is 19.6 Å². The Morgan fingerprint density at radius 2 is 1.32 bits per heavy atom. The average molecular weight is 495 g/mol. The molecule has 0 spiro atoms. The van der Waals surface area contributed by atoms with E-state index in [0.29, 0.717) is 0 Å². The van der Waals surface area contributed by atoms with E-state index < -0.39 is 32.5 Å². The molecule has 0 radical (unpaired) electrons. The van der Waals surface area contributed by atoms with Crippen molar-refractivity contribution in [2.75, 3.05) is 13.2 Å². The lowest BCUT2D eigenvalue weighted by atomic mass is 10.1. The van der Waals surface area contributed by atoms with Gasteiger partial charge in [-0.05, 0) is 37.8 Å². The van der Waals surface area contributed by atoms with Gasteiger partial charge in [0.05, 0.1) is 11.1 Å². The van der Waals surface area contributed by atoms with E-state index >= 15 is 0 Å². The minimum Gasteiger partial charge on any atom is -0.458 e. The Morgan fingerprint density at radius 1 is 0.794 bits per heavy atom. The lowest BCUT2D eigenvalue weighted by Gasteiger charge is -2.11. The third-order valence-electron chi connectivity index (χ3n) is 5.13. The molecule has 0 amide bonds. The lowest BCUT2D eigenvalue weighted by Crippen LogP contribution is -2.18. The summed E-state index contributed by atoms with van der Waals surface area (Å²) in [5.41, 5.74) is -0.810.